The van der Waals surface area contributed by atoms with Crippen LogP contribution in [0.1, 0.15) is 88.2 Å². The number of nitrogens with one attached hydrogen (secondary N) is 4. The van der Waals surface area contributed by atoms with Crippen LogP contribution in [0.15, 0.2) is 91.3 Å². The van der Waals surface area contributed by atoms with Crippen molar-refractivity contribution >= 4 is 23.8 Å². The molecule has 3 fully saturated rings. The summed E-state index contributed by atoms with van der Waals surface area (Å²) in [6, 6.07) is 24.0. The van der Waals surface area contributed by atoms with Gasteiger partial charge in [0, 0.05) is 31.5 Å². The molecule has 1 saturated carbocycles. The number of likely N-dealkylation sites (tertiary alicyclic amines) is 2. The smallest absolute Gasteiger partial charge is 0.407 e. The van der Waals surface area contributed by atoms with Crippen molar-refractivity contribution in [2.75, 3.05) is 27.4 Å². The SMILES string of the molecule is COC[C@H]1C[C@@H](c2ncc(-c3ccc(-c4ccc(-c5cnc([C@@H]6CC[C@H](C)N6C(=O)[C@@H](NC(=O)OC)C(C)C)[nH]5)cc4)cc3)[nH]2)N(C(=O)[C@H](NC(=O)C2CC2)c2ccccc2)C1. The number of aromatic amines is 2. The predicted octanol–water partition coefficient (Wildman–Crippen LogP) is 7.37. The molecule has 6 atom stereocenters. The normalized spacial score (nSPS) is 20.9. The summed E-state index contributed by atoms with van der Waals surface area (Å²) in [6.45, 7) is 6.86. The van der Waals surface area contributed by atoms with Gasteiger partial charge in [0.05, 0.1) is 49.6 Å². The van der Waals surface area contributed by atoms with Crippen LogP contribution in [-0.4, -0.2) is 93.0 Å². The lowest BCUT2D eigenvalue weighted by molar-refractivity contribution is -0.138. The molecule has 0 bridgehead atoms. The van der Waals surface area contributed by atoms with Crippen LogP contribution in [0.3, 0.4) is 0 Å². The van der Waals surface area contributed by atoms with Crippen molar-refractivity contribution < 1.29 is 28.7 Å². The second-order valence-corrected chi connectivity index (χ2v) is 17.3. The number of ether oxygens (including phenoxy) is 2. The van der Waals surface area contributed by atoms with E-state index in [-0.39, 0.29) is 53.6 Å². The molecule has 8 rings (SSSR count). The minimum Gasteiger partial charge on any atom is -0.453 e. The molecule has 0 spiro atoms. The number of H-pyrrole nitrogens is 2. The van der Waals surface area contributed by atoms with E-state index >= 15 is 0 Å². The zero-order valence-corrected chi connectivity index (χ0v) is 36.0. The van der Waals surface area contributed by atoms with Crippen molar-refractivity contribution in [3.05, 3.63) is 108 Å². The Kier molecular flexibility index (Phi) is 12.6. The van der Waals surface area contributed by atoms with E-state index in [1.807, 2.05) is 73.3 Å². The molecule has 4 N–H and O–H groups in total. The molecule has 2 saturated heterocycles. The zero-order valence-electron chi connectivity index (χ0n) is 36.0. The number of alkyl carbamates (subject to hydrolysis) is 1. The van der Waals surface area contributed by atoms with Crippen LogP contribution in [0.4, 0.5) is 4.79 Å². The first-order valence-electron chi connectivity index (χ1n) is 21.6. The molecule has 3 aliphatic rings. The lowest BCUT2D eigenvalue weighted by Gasteiger charge is -2.32. The van der Waals surface area contributed by atoms with Crippen LogP contribution in [0.2, 0.25) is 0 Å². The van der Waals surface area contributed by atoms with E-state index in [9.17, 15) is 19.2 Å². The van der Waals surface area contributed by atoms with Gasteiger partial charge in [0.15, 0.2) is 0 Å². The van der Waals surface area contributed by atoms with Gasteiger partial charge in [-0.1, -0.05) is 92.7 Å². The van der Waals surface area contributed by atoms with E-state index in [2.05, 4.69) is 69.1 Å². The molecule has 0 radical (unpaired) electrons. The fraction of sp³-hybridized carbons (Fsp3) is 0.417. The summed E-state index contributed by atoms with van der Waals surface area (Å²) < 4.78 is 10.3. The molecule has 4 heterocycles. The highest BCUT2D eigenvalue weighted by atomic mass is 16.5. The fourth-order valence-corrected chi connectivity index (χ4v) is 8.96. The summed E-state index contributed by atoms with van der Waals surface area (Å²) in [4.78, 5) is 73.4. The number of amides is 4. The number of hydrogen-bond acceptors (Lipinski definition) is 8. The number of aromatic nitrogens is 4. The van der Waals surface area contributed by atoms with Crippen LogP contribution < -0.4 is 10.6 Å². The van der Waals surface area contributed by atoms with E-state index in [0.29, 0.717) is 25.4 Å². The third-order valence-electron chi connectivity index (χ3n) is 12.5. The molecule has 2 aliphatic heterocycles. The lowest BCUT2D eigenvalue weighted by atomic mass is 10.0. The van der Waals surface area contributed by atoms with Crippen molar-refractivity contribution in [1.29, 1.82) is 0 Å². The van der Waals surface area contributed by atoms with Crippen LogP contribution in [0.5, 0.6) is 0 Å². The summed E-state index contributed by atoms with van der Waals surface area (Å²) in [5, 5.41) is 5.78. The third kappa shape index (κ3) is 9.01. The van der Waals surface area contributed by atoms with Gasteiger partial charge in [0.2, 0.25) is 17.7 Å². The molecule has 14 heteroatoms. The standard InChI is InChI=1S/C48H56N8O6/c1-28(2)41(54-48(60)62-5)47(59)56-29(3)11-22-39(56)43-49-24-37(51-43)33-16-12-31(13-17-33)32-14-18-34(19-15-32)38-25-50-44(52-38)40-23-30(27-61-4)26-55(40)46(58)42(35-9-7-6-8-10-35)53-45(57)36-20-21-36/h6-10,12-19,24-25,28-30,36,39-42H,11,20-23,26-27H2,1-5H3,(H,49,51)(H,50,52)(H,53,57)(H,54,60)/t29-,30-,39-,40-,41-,42+/m0/s1. The number of carbonyl (C=O) groups excluding carboxylic acids is 4. The average Bonchev–Trinajstić information content (AvgIpc) is 3.60. The van der Waals surface area contributed by atoms with Gasteiger partial charge in [-0.25, -0.2) is 14.8 Å². The molecule has 4 amide bonds. The molecule has 2 aromatic heterocycles. The molecule has 324 valence electrons. The monoisotopic (exact) mass is 840 g/mol. The molecule has 14 nitrogen and oxygen atoms in total. The van der Waals surface area contributed by atoms with Crippen molar-refractivity contribution in [3.63, 3.8) is 0 Å². The van der Waals surface area contributed by atoms with Gasteiger partial charge < -0.3 is 39.9 Å². The van der Waals surface area contributed by atoms with Gasteiger partial charge >= 0.3 is 6.09 Å². The number of methoxy groups -OCH3 is 2. The Morgan fingerprint density at radius 3 is 1.87 bits per heavy atom. The number of nitrogens with zero attached hydrogens (tertiary/aromatic N) is 4. The number of imidazole rings is 2. The van der Waals surface area contributed by atoms with E-state index < -0.39 is 18.2 Å². The Balaban J connectivity index is 0.950. The number of benzene rings is 3. The molecule has 1 aliphatic carbocycles. The van der Waals surface area contributed by atoms with Crippen molar-refractivity contribution in [2.24, 2.45) is 17.8 Å². The maximum Gasteiger partial charge on any atom is 0.407 e. The minimum atomic E-state index is -0.785. The maximum absolute atomic E-state index is 14.4. The summed E-state index contributed by atoms with van der Waals surface area (Å²) >= 11 is 0. The van der Waals surface area contributed by atoms with Crippen LogP contribution in [-0.2, 0) is 23.9 Å². The van der Waals surface area contributed by atoms with Gasteiger partial charge in [-0.05, 0) is 72.8 Å². The van der Waals surface area contributed by atoms with Gasteiger partial charge in [0.1, 0.15) is 23.7 Å². The van der Waals surface area contributed by atoms with Gasteiger partial charge in [0.25, 0.3) is 0 Å². The van der Waals surface area contributed by atoms with Crippen LogP contribution in [0, 0.1) is 17.8 Å². The molecule has 62 heavy (non-hydrogen) atoms. The molecular formula is C48H56N8O6. The predicted molar refractivity (Wildman–Crippen MR) is 234 cm³/mol. The first kappa shape index (κ1) is 42.4. The Bertz CT molecular complexity index is 2360. The van der Waals surface area contributed by atoms with Gasteiger partial charge in [-0.2, -0.15) is 0 Å². The molecule has 5 aromatic rings. The molecule has 3 aromatic carbocycles. The lowest BCUT2D eigenvalue weighted by Crippen LogP contribution is -2.52. The van der Waals surface area contributed by atoms with E-state index in [0.717, 1.165) is 70.7 Å². The summed E-state index contributed by atoms with van der Waals surface area (Å²) in [6.07, 6.45) is 6.99. The van der Waals surface area contributed by atoms with Crippen LogP contribution >= 0.6 is 0 Å². The quantitative estimate of drug-likeness (QED) is 0.0897. The van der Waals surface area contributed by atoms with E-state index in [1.54, 1.807) is 7.11 Å². The Labute approximate surface area is 362 Å². The number of rotatable bonds is 14. The summed E-state index contributed by atoms with van der Waals surface area (Å²) in [5.74, 6) is 1.02. The highest BCUT2D eigenvalue weighted by molar-refractivity contribution is 5.91. The zero-order chi connectivity index (χ0) is 43.5. The second kappa shape index (κ2) is 18.4. The first-order valence-corrected chi connectivity index (χ1v) is 21.6. The fourth-order valence-electron chi connectivity index (χ4n) is 8.96. The summed E-state index contributed by atoms with van der Waals surface area (Å²) in [7, 11) is 2.97. The van der Waals surface area contributed by atoms with E-state index in [1.165, 1.54) is 7.11 Å². The largest absolute Gasteiger partial charge is 0.453 e. The topological polar surface area (TPSA) is 175 Å². The maximum atomic E-state index is 14.4. The number of carbonyl (C=O) groups is 4. The van der Waals surface area contributed by atoms with E-state index in [4.69, 9.17) is 19.4 Å². The third-order valence-corrected chi connectivity index (χ3v) is 12.5. The molecular weight excluding hydrogens is 785 g/mol. The van der Waals surface area contributed by atoms with Crippen LogP contribution in [0.25, 0.3) is 33.6 Å². The Morgan fingerprint density at radius 2 is 1.32 bits per heavy atom. The Morgan fingerprint density at radius 1 is 0.742 bits per heavy atom. The van der Waals surface area contributed by atoms with Crippen molar-refractivity contribution in [2.45, 2.75) is 83.1 Å². The second-order valence-electron chi connectivity index (χ2n) is 17.3. The first-order chi connectivity index (χ1) is 30.0. The highest BCUT2D eigenvalue weighted by Gasteiger charge is 2.43. The summed E-state index contributed by atoms with van der Waals surface area (Å²) in [5.41, 5.74) is 6.49. The number of hydrogen-bond donors (Lipinski definition) is 4. The van der Waals surface area contributed by atoms with Gasteiger partial charge in [-0.15, -0.1) is 0 Å². The van der Waals surface area contributed by atoms with Crippen molar-refractivity contribution in [1.82, 2.24) is 40.4 Å². The average molecular weight is 841 g/mol. The minimum absolute atomic E-state index is 0.00370. The van der Waals surface area contributed by atoms with Crippen molar-refractivity contribution in [3.8, 4) is 33.6 Å². The van der Waals surface area contributed by atoms with Gasteiger partial charge in [-0.3, -0.25) is 14.4 Å². The molecule has 0 unspecified atom stereocenters. The Hall–Kier alpha value is -6.28. The highest BCUT2D eigenvalue weighted by Crippen LogP contribution is 2.39.